The van der Waals surface area contributed by atoms with E-state index in [1.165, 1.54) is 0 Å². The van der Waals surface area contributed by atoms with E-state index in [-0.39, 0.29) is 18.0 Å². The maximum Gasteiger partial charge on any atom is 0.313 e. The number of ether oxygens (including phenoxy) is 1. The van der Waals surface area contributed by atoms with E-state index in [4.69, 9.17) is 17.7 Å². The maximum atomic E-state index is 12.7. The number of carbonyl (C=O) groups excluding carboxylic acids is 1. The summed E-state index contributed by atoms with van der Waals surface area (Å²) in [4.78, 5) is 12.7. The van der Waals surface area contributed by atoms with Crippen LogP contribution in [0.1, 0.15) is 44.6 Å². The van der Waals surface area contributed by atoms with E-state index < -0.39 is 10.1 Å². The van der Waals surface area contributed by atoms with Crippen LogP contribution >= 0.6 is 0 Å². The molecule has 0 bridgehead atoms. The Morgan fingerprint density at radius 3 is 2.15 bits per heavy atom. The van der Waals surface area contributed by atoms with Gasteiger partial charge >= 0.3 is 5.97 Å². The fourth-order valence-corrected chi connectivity index (χ4v) is 3.19. The smallest absolute Gasteiger partial charge is 0.313 e. The Kier molecular flexibility index (Phi) is 8.91. The SMILES string of the molecule is CCC(C)C(C(=O)OC1CC[N+](C)(C)CC1)c1ccccc1.CS(=O)(=O)[O-]. The van der Waals surface area contributed by atoms with Gasteiger partial charge in [-0.15, -0.1) is 0 Å². The first kappa shape index (κ1) is 23.6. The third kappa shape index (κ3) is 9.35. The summed E-state index contributed by atoms with van der Waals surface area (Å²) < 4.78 is 34.1. The first-order valence-corrected chi connectivity index (χ1v) is 11.2. The summed E-state index contributed by atoms with van der Waals surface area (Å²) >= 11 is 0. The molecular formula is C20H33NO5S. The molecule has 2 rings (SSSR count). The van der Waals surface area contributed by atoms with Gasteiger partial charge in [-0.3, -0.25) is 4.79 Å². The lowest BCUT2D eigenvalue weighted by Crippen LogP contribution is -2.48. The summed E-state index contributed by atoms with van der Waals surface area (Å²) in [5.74, 6) is 0.110. The number of esters is 1. The molecule has 1 aliphatic heterocycles. The lowest BCUT2D eigenvalue weighted by molar-refractivity contribution is -0.896. The van der Waals surface area contributed by atoms with Gasteiger partial charge in [-0.2, -0.15) is 0 Å². The lowest BCUT2D eigenvalue weighted by atomic mass is 9.85. The second kappa shape index (κ2) is 10.2. The van der Waals surface area contributed by atoms with Crippen LogP contribution in [-0.4, -0.2) is 63.0 Å². The van der Waals surface area contributed by atoms with Gasteiger partial charge in [-0.25, -0.2) is 8.42 Å². The molecule has 1 fully saturated rings. The molecule has 1 aromatic rings. The average Bonchev–Trinajstić information content (AvgIpc) is 2.56. The van der Waals surface area contributed by atoms with E-state index in [1.807, 2.05) is 30.3 Å². The molecule has 0 aromatic heterocycles. The third-order valence-corrected chi connectivity index (χ3v) is 5.02. The van der Waals surface area contributed by atoms with Crippen molar-refractivity contribution in [2.24, 2.45) is 5.92 Å². The molecule has 2 atom stereocenters. The zero-order valence-corrected chi connectivity index (χ0v) is 17.9. The second-order valence-corrected chi connectivity index (χ2v) is 9.41. The van der Waals surface area contributed by atoms with Crippen molar-refractivity contribution in [3.8, 4) is 0 Å². The Morgan fingerprint density at radius 2 is 1.70 bits per heavy atom. The molecule has 0 aliphatic carbocycles. The molecule has 1 aromatic carbocycles. The summed E-state index contributed by atoms with van der Waals surface area (Å²) in [6.07, 6.45) is 3.62. The highest BCUT2D eigenvalue weighted by molar-refractivity contribution is 7.84. The average molecular weight is 400 g/mol. The molecule has 0 amide bonds. The minimum Gasteiger partial charge on any atom is -0.748 e. The van der Waals surface area contributed by atoms with Crippen LogP contribution < -0.4 is 0 Å². The highest BCUT2D eigenvalue weighted by Gasteiger charge is 2.33. The Morgan fingerprint density at radius 1 is 1.22 bits per heavy atom. The largest absolute Gasteiger partial charge is 0.748 e. The van der Waals surface area contributed by atoms with E-state index >= 15 is 0 Å². The highest BCUT2D eigenvalue weighted by atomic mass is 32.2. The molecule has 1 saturated heterocycles. The van der Waals surface area contributed by atoms with E-state index in [2.05, 4.69) is 27.9 Å². The number of hydrogen-bond donors (Lipinski definition) is 0. The Balaban J connectivity index is 0.000000646. The number of quaternary nitrogens is 1. The summed E-state index contributed by atoms with van der Waals surface area (Å²) in [5, 5.41) is 0. The van der Waals surface area contributed by atoms with Gasteiger partial charge in [-0.05, 0) is 11.5 Å². The second-order valence-electron chi connectivity index (χ2n) is 8.00. The van der Waals surface area contributed by atoms with Crippen LogP contribution in [0.15, 0.2) is 30.3 Å². The topological polar surface area (TPSA) is 83.5 Å². The van der Waals surface area contributed by atoms with Crippen molar-refractivity contribution < 1.29 is 27.0 Å². The van der Waals surface area contributed by atoms with Crippen molar-refractivity contribution in [1.82, 2.24) is 0 Å². The van der Waals surface area contributed by atoms with Crippen molar-refractivity contribution >= 4 is 16.1 Å². The Hall–Kier alpha value is -1.44. The van der Waals surface area contributed by atoms with E-state index in [1.54, 1.807) is 0 Å². The number of likely N-dealkylation sites (tertiary alicyclic amines) is 1. The van der Waals surface area contributed by atoms with E-state index in [0.29, 0.717) is 12.2 Å². The quantitative estimate of drug-likeness (QED) is 0.432. The summed E-state index contributed by atoms with van der Waals surface area (Å²) in [7, 11) is 0.563. The van der Waals surface area contributed by atoms with Crippen LogP contribution in [0.5, 0.6) is 0 Å². The van der Waals surface area contributed by atoms with Crippen molar-refractivity contribution in [3.05, 3.63) is 35.9 Å². The summed E-state index contributed by atoms with van der Waals surface area (Å²) in [6.45, 7) is 6.43. The number of carbonyl (C=O) groups is 1. The van der Waals surface area contributed by atoms with Crippen molar-refractivity contribution in [1.29, 1.82) is 0 Å². The molecule has 1 aliphatic rings. The van der Waals surface area contributed by atoms with Gasteiger partial charge in [0.1, 0.15) is 6.10 Å². The van der Waals surface area contributed by atoms with Crippen LogP contribution in [0.3, 0.4) is 0 Å². The fourth-order valence-electron chi connectivity index (χ4n) is 3.19. The van der Waals surface area contributed by atoms with Crippen molar-refractivity contribution in [2.75, 3.05) is 33.4 Å². The lowest BCUT2D eigenvalue weighted by Gasteiger charge is -2.37. The van der Waals surface area contributed by atoms with Crippen molar-refractivity contribution in [2.45, 2.75) is 45.1 Å². The van der Waals surface area contributed by atoms with Crippen molar-refractivity contribution in [3.63, 3.8) is 0 Å². The highest BCUT2D eigenvalue weighted by Crippen LogP contribution is 2.30. The Bertz CT molecular complexity index is 670. The maximum absolute atomic E-state index is 12.7. The van der Waals surface area contributed by atoms with Crippen LogP contribution in [0, 0.1) is 5.92 Å². The first-order valence-electron chi connectivity index (χ1n) is 9.41. The predicted octanol–water partition coefficient (Wildman–Crippen LogP) is 2.76. The number of hydrogen-bond acceptors (Lipinski definition) is 5. The monoisotopic (exact) mass is 399 g/mol. The number of benzene rings is 1. The van der Waals surface area contributed by atoms with Gasteiger partial charge in [0.25, 0.3) is 0 Å². The normalized spacial score (nSPS) is 19.3. The van der Waals surface area contributed by atoms with Crippen LogP contribution in [0.2, 0.25) is 0 Å². The summed E-state index contributed by atoms with van der Waals surface area (Å²) in [6, 6.07) is 10.1. The van der Waals surface area contributed by atoms with Gasteiger partial charge in [-0.1, -0.05) is 50.6 Å². The summed E-state index contributed by atoms with van der Waals surface area (Å²) in [5.41, 5.74) is 1.08. The van der Waals surface area contributed by atoms with E-state index in [9.17, 15) is 4.79 Å². The molecule has 1 heterocycles. The van der Waals surface area contributed by atoms with Gasteiger partial charge in [0.05, 0.1) is 43.2 Å². The number of rotatable bonds is 5. The zero-order chi connectivity index (χ0) is 20.7. The minimum atomic E-state index is -3.92. The Labute approximate surface area is 163 Å². The predicted molar refractivity (Wildman–Crippen MR) is 105 cm³/mol. The molecule has 154 valence electrons. The van der Waals surface area contributed by atoms with E-state index in [0.717, 1.165) is 42.4 Å². The molecule has 7 heteroatoms. The zero-order valence-electron chi connectivity index (χ0n) is 17.1. The van der Waals surface area contributed by atoms with Crippen LogP contribution in [-0.2, 0) is 19.6 Å². The molecule has 0 radical (unpaired) electrons. The molecule has 0 spiro atoms. The van der Waals surface area contributed by atoms with Gasteiger partial charge in [0, 0.05) is 19.1 Å². The number of piperidine rings is 1. The molecule has 6 nitrogen and oxygen atoms in total. The first-order chi connectivity index (χ1) is 12.4. The molecular weight excluding hydrogens is 366 g/mol. The molecule has 27 heavy (non-hydrogen) atoms. The van der Waals surface area contributed by atoms with Gasteiger partial charge in [0.15, 0.2) is 0 Å². The van der Waals surface area contributed by atoms with Gasteiger partial charge in [0.2, 0.25) is 0 Å². The molecule has 0 saturated carbocycles. The standard InChI is InChI=1S/C19H30NO2.CH4O3S/c1-5-15(2)18(16-9-7-6-8-10-16)19(21)22-17-11-13-20(3,4)14-12-17;1-5(2,3)4/h6-10,15,17-18H,5,11-14H2,1-4H3;1H3,(H,2,3,4)/q+1;/p-1. The fraction of sp³-hybridized carbons (Fsp3) is 0.650. The minimum absolute atomic E-state index is 0.0437. The van der Waals surface area contributed by atoms with Crippen LogP contribution in [0.4, 0.5) is 0 Å². The van der Waals surface area contributed by atoms with Gasteiger partial charge < -0.3 is 13.8 Å². The third-order valence-electron chi connectivity index (χ3n) is 5.02. The van der Waals surface area contributed by atoms with Crippen LogP contribution in [0.25, 0.3) is 0 Å². The molecule has 0 N–H and O–H groups in total. The number of nitrogens with zero attached hydrogens (tertiary/aromatic N) is 1. The molecule has 2 unspecified atom stereocenters.